The van der Waals surface area contributed by atoms with Crippen molar-refractivity contribution < 1.29 is 4.79 Å². The third kappa shape index (κ3) is 3.84. The van der Waals surface area contributed by atoms with E-state index in [9.17, 15) is 4.79 Å². The van der Waals surface area contributed by atoms with Crippen molar-refractivity contribution in [3.05, 3.63) is 34.4 Å². The molecule has 0 fully saturated rings. The normalized spacial score (nSPS) is 10.5. The third-order valence-electron chi connectivity index (χ3n) is 3.45. The van der Waals surface area contributed by atoms with Crippen molar-refractivity contribution in [1.82, 2.24) is 4.90 Å². The van der Waals surface area contributed by atoms with E-state index in [1.165, 1.54) is 22.3 Å². The maximum absolute atomic E-state index is 11.6. The average molecular weight is 248 g/mol. The topological polar surface area (TPSA) is 46.3 Å². The van der Waals surface area contributed by atoms with Crippen LogP contribution in [0.3, 0.4) is 0 Å². The number of carbonyl (C=O) groups is 1. The molecule has 0 atom stereocenters. The van der Waals surface area contributed by atoms with Gasteiger partial charge in [0.05, 0.1) is 0 Å². The number of hydrogen-bond donors (Lipinski definition) is 1. The molecule has 3 heteroatoms. The third-order valence-corrected chi connectivity index (χ3v) is 3.45. The molecule has 0 aliphatic carbocycles. The highest BCUT2D eigenvalue weighted by atomic mass is 16.2. The molecule has 0 aliphatic heterocycles. The Labute approximate surface area is 110 Å². The molecule has 1 aromatic rings. The summed E-state index contributed by atoms with van der Waals surface area (Å²) in [5, 5.41) is 0. The summed E-state index contributed by atoms with van der Waals surface area (Å²) in [4.78, 5) is 13.4. The van der Waals surface area contributed by atoms with E-state index in [2.05, 4.69) is 32.9 Å². The van der Waals surface area contributed by atoms with E-state index >= 15 is 0 Å². The van der Waals surface area contributed by atoms with Gasteiger partial charge in [0, 0.05) is 26.6 Å². The van der Waals surface area contributed by atoms with Crippen LogP contribution in [0, 0.1) is 20.8 Å². The molecule has 0 saturated heterocycles. The summed E-state index contributed by atoms with van der Waals surface area (Å²) >= 11 is 0. The number of nitrogens with two attached hydrogens (primary N) is 1. The first-order valence-electron chi connectivity index (χ1n) is 6.46. The second kappa shape index (κ2) is 6.55. The van der Waals surface area contributed by atoms with Gasteiger partial charge in [0.1, 0.15) is 0 Å². The van der Waals surface area contributed by atoms with Crippen LogP contribution < -0.4 is 5.73 Å². The van der Waals surface area contributed by atoms with Gasteiger partial charge in [0.15, 0.2) is 0 Å². The Hall–Kier alpha value is -1.35. The summed E-state index contributed by atoms with van der Waals surface area (Å²) in [6, 6.07) is 4.44. The van der Waals surface area contributed by atoms with Gasteiger partial charge in [0.25, 0.3) is 0 Å². The Balaban J connectivity index is 2.63. The Morgan fingerprint density at radius 3 is 2.39 bits per heavy atom. The molecule has 3 nitrogen and oxygen atoms in total. The van der Waals surface area contributed by atoms with Crippen molar-refractivity contribution in [2.24, 2.45) is 5.73 Å². The van der Waals surface area contributed by atoms with Gasteiger partial charge in [-0.3, -0.25) is 4.79 Å². The van der Waals surface area contributed by atoms with E-state index in [4.69, 9.17) is 5.73 Å². The number of aryl methyl sites for hydroxylation is 3. The fourth-order valence-electron chi connectivity index (χ4n) is 2.02. The van der Waals surface area contributed by atoms with Crippen molar-refractivity contribution in [2.45, 2.75) is 33.6 Å². The molecule has 0 bridgehead atoms. The SMILES string of the molecule is Cc1cc(C)c(CCN(C)C(=O)CCN)cc1C. The zero-order valence-electron chi connectivity index (χ0n) is 11.9. The van der Waals surface area contributed by atoms with E-state index in [1.807, 2.05) is 7.05 Å². The fourth-order valence-corrected chi connectivity index (χ4v) is 2.02. The van der Waals surface area contributed by atoms with Crippen molar-refractivity contribution in [3.63, 3.8) is 0 Å². The van der Waals surface area contributed by atoms with Gasteiger partial charge in [-0.1, -0.05) is 12.1 Å². The van der Waals surface area contributed by atoms with Gasteiger partial charge in [0.2, 0.25) is 5.91 Å². The van der Waals surface area contributed by atoms with Crippen LogP contribution in [0.1, 0.15) is 28.7 Å². The van der Waals surface area contributed by atoms with Crippen LogP contribution in [-0.4, -0.2) is 30.9 Å². The van der Waals surface area contributed by atoms with Crippen LogP contribution >= 0.6 is 0 Å². The van der Waals surface area contributed by atoms with Gasteiger partial charge < -0.3 is 10.6 Å². The van der Waals surface area contributed by atoms with Gasteiger partial charge >= 0.3 is 0 Å². The Morgan fingerprint density at radius 2 is 1.78 bits per heavy atom. The first-order valence-corrected chi connectivity index (χ1v) is 6.46. The molecule has 0 unspecified atom stereocenters. The number of likely N-dealkylation sites (N-methyl/N-ethyl adjacent to an activating group) is 1. The predicted octanol–water partition coefficient (Wildman–Crippen LogP) is 1.96. The molecular weight excluding hydrogens is 224 g/mol. The summed E-state index contributed by atoms with van der Waals surface area (Å²) in [6.07, 6.45) is 1.34. The van der Waals surface area contributed by atoms with Crippen LogP contribution in [0.5, 0.6) is 0 Å². The monoisotopic (exact) mass is 248 g/mol. The molecule has 1 rings (SSSR count). The van der Waals surface area contributed by atoms with Crippen LogP contribution in [0.25, 0.3) is 0 Å². The molecule has 0 heterocycles. The number of nitrogens with zero attached hydrogens (tertiary/aromatic N) is 1. The highest BCUT2D eigenvalue weighted by molar-refractivity contribution is 5.76. The van der Waals surface area contributed by atoms with Gasteiger partial charge in [-0.15, -0.1) is 0 Å². The summed E-state index contributed by atoms with van der Waals surface area (Å²) in [6.45, 7) is 7.56. The highest BCUT2D eigenvalue weighted by Crippen LogP contribution is 2.16. The van der Waals surface area contributed by atoms with Gasteiger partial charge in [-0.05, 0) is 49.4 Å². The number of carbonyl (C=O) groups excluding carboxylic acids is 1. The molecule has 1 aromatic carbocycles. The van der Waals surface area contributed by atoms with Crippen molar-refractivity contribution in [3.8, 4) is 0 Å². The number of rotatable bonds is 5. The van der Waals surface area contributed by atoms with Crippen LogP contribution in [-0.2, 0) is 11.2 Å². The van der Waals surface area contributed by atoms with Crippen molar-refractivity contribution >= 4 is 5.91 Å². The molecule has 18 heavy (non-hydrogen) atoms. The summed E-state index contributed by atoms with van der Waals surface area (Å²) in [7, 11) is 1.84. The Bertz CT molecular complexity index is 427. The van der Waals surface area contributed by atoms with E-state index in [0.29, 0.717) is 13.0 Å². The lowest BCUT2D eigenvalue weighted by Gasteiger charge is -2.18. The summed E-state index contributed by atoms with van der Waals surface area (Å²) in [5.74, 6) is 0.124. The number of hydrogen-bond acceptors (Lipinski definition) is 2. The quantitative estimate of drug-likeness (QED) is 0.866. The van der Waals surface area contributed by atoms with Crippen molar-refractivity contribution in [2.75, 3.05) is 20.1 Å². The number of benzene rings is 1. The average Bonchev–Trinajstić information content (AvgIpc) is 2.32. The maximum atomic E-state index is 11.6. The second-order valence-corrected chi connectivity index (χ2v) is 4.97. The van der Waals surface area contributed by atoms with Gasteiger partial charge in [-0.25, -0.2) is 0 Å². The molecule has 2 N–H and O–H groups in total. The lowest BCUT2D eigenvalue weighted by atomic mass is 9.99. The standard InChI is InChI=1S/C15H24N2O/c1-11-9-13(3)14(10-12(11)2)6-8-17(4)15(18)5-7-16/h9-10H,5-8,16H2,1-4H3. The zero-order chi connectivity index (χ0) is 13.7. The summed E-state index contributed by atoms with van der Waals surface area (Å²) in [5.41, 5.74) is 10.7. The molecule has 0 radical (unpaired) electrons. The summed E-state index contributed by atoms with van der Waals surface area (Å²) < 4.78 is 0. The minimum Gasteiger partial charge on any atom is -0.345 e. The Morgan fingerprint density at radius 1 is 1.17 bits per heavy atom. The lowest BCUT2D eigenvalue weighted by molar-refractivity contribution is -0.129. The van der Waals surface area contributed by atoms with E-state index < -0.39 is 0 Å². The van der Waals surface area contributed by atoms with Crippen LogP contribution in [0.2, 0.25) is 0 Å². The maximum Gasteiger partial charge on any atom is 0.223 e. The molecule has 0 saturated carbocycles. The molecule has 0 aliphatic rings. The van der Waals surface area contributed by atoms with Crippen LogP contribution in [0.15, 0.2) is 12.1 Å². The second-order valence-electron chi connectivity index (χ2n) is 4.97. The largest absolute Gasteiger partial charge is 0.345 e. The molecule has 1 amide bonds. The molecular formula is C15H24N2O. The van der Waals surface area contributed by atoms with Crippen LogP contribution in [0.4, 0.5) is 0 Å². The predicted molar refractivity (Wildman–Crippen MR) is 75.7 cm³/mol. The first kappa shape index (κ1) is 14.7. The smallest absolute Gasteiger partial charge is 0.223 e. The van der Waals surface area contributed by atoms with Gasteiger partial charge in [-0.2, -0.15) is 0 Å². The van der Waals surface area contributed by atoms with E-state index in [0.717, 1.165) is 13.0 Å². The fraction of sp³-hybridized carbons (Fsp3) is 0.533. The molecule has 0 spiro atoms. The van der Waals surface area contributed by atoms with E-state index in [1.54, 1.807) is 4.90 Å². The Kier molecular flexibility index (Phi) is 5.35. The minimum absolute atomic E-state index is 0.124. The minimum atomic E-state index is 0.124. The molecule has 100 valence electrons. The first-order chi connectivity index (χ1) is 8.45. The van der Waals surface area contributed by atoms with Crippen molar-refractivity contribution in [1.29, 1.82) is 0 Å². The number of amides is 1. The zero-order valence-corrected chi connectivity index (χ0v) is 11.9. The highest BCUT2D eigenvalue weighted by Gasteiger charge is 2.08. The lowest BCUT2D eigenvalue weighted by Crippen LogP contribution is -2.30. The molecule has 0 aromatic heterocycles. The van der Waals surface area contributed by atoms with E-state index in [-0.39, 0.29) is 5.91 Å².